The molecule has 1 aromatic carbocycles. The van der Waals surface area contributed by atoms with Crippen molar-refractivity contribution in [3.63, 3.8) is 0 Å². The molecule has 0 saturated carbocycles. The number of aromatic nitrogens is 1. The average Bonchev–Trinajstić information content (AvgIpc) is 3.02. The first-order valence-electron chi connectivity index (χ1n) is 10.9. The van der Waals surface area contributed by atoms with Gasteiger partial charge in [0.15, 0.2) is 0 Å². The van der Waals surface area contributed by atoms with Gasteiger partial charge >= 0.3 is 12.1 Å². The molecule has 2 fully saturated rings. The lowest BCUT2D eigenvalue weighted by Gasteiger charge is -2.34. The molecule has 2 aromatic rings. The van der Waals surface area contributed by atoms with E-state index in [0.717, 1.165) is 39.5 Å². The monoisotopic (exact) mass is 504 g/mol. The number of carbonyl (C=O) groups is 3. The quantitative estimate of drug-likeness (QED) is 0.640. The maximum absolute atomic E-state index is 12.4. The van der Waals surface area contributed by atoms with Gasteiger partial charge in [0.25, 0.3) is 0 Å². The minimum atomic E-state index is -0.497. The van der Waals surface area contributed by atoms with Crippen LogP contribution in [0.25, 0.3) is 10.9 Å². The molecule has 0 bridgehead atoms. The van der Waals surface area contributed by atoms with Gasteiger partial charge in [-0.1, -0.05) is 0 Å². The Bertz CT molecular complexity index is 1080. The van der Waals surface area contributed by atoms with Crippen LogP contribution < -0.4 is 10.2 Å². The van der Waals surface area contributed by atoms with Gasteiger partial charge in [0, 0.05) is 59.4 Å². The largest absolute Gasteiger partial charge is 0.444 e. The molecule has 4 amide bonds. The van der Waals surface area contributed by atoms with E-state index in [2.05, 4.69) is 38.1 Å². The minimum absolute atomic E-state index is 0.241. The minimum Gasteiger partial charge on any atom is -0.444 e. The molecule has 0 unspecified atom stereocenters. The lowest BCUT2D eigenvalue weighted by atomic mass is 10.0. The number of halogens is 1. The number of nitrogens with zero attached hydrogens (tertiary/aromatic N) is 3. The second kappa shape index (κ2) is 8.42. The zero-order valence-corrected chi connectivity index (χ0v) is 20.5. The number of hydrogen-bond acceptors (Lipinski definition) is 4. The summed E-state index contributed by atoms with van der Waals surface area (Å²) >= 11 is 3.68. The number of aryl methyl sites for hydroxylation is 1. The molecule has 0 aliphatic carbocycles. The summed E-state index contributed by atoms with van der Waals surface area (Å²) in [6, 6.07) is 3.99. The van der Waals surface area contributed by atoms with Gasteiger partial charge in [0.2, 0.25) is 5.91 Å². The Morgan fingerprint density at radius 2 is 1.84 bits per heavy atom. The molecule has 9 heteroatoms. The highest BCUT2D eigenvalue weighted by molar-refractivity contribution is 9.10. The maximum Gasteiger partial charge on any atom is 0.410 e. The van der Waals surface area contributed by atoms with Crippen molar-refractivity contribution in [1.29, 1.82) is 0 Å². The van der Waals surface area contributed by atoms with E-state index in [1.807, 2.05) is 33.8 Å². The van der Waals surface area contributed by atoms with E-state index in [-0.39, 0.29) is 24.1 Å². The second-order valence-corrected chi connectivity index (χ2v) is 10.3. The summed E-state index contributed by atoms with van der Waals surface area (Å²) < 4.78 is 8.73. The Hall–Kier alpha value is -2.55. The van der Waals surface area contributed by atoms with Crippen molar-refractivity contribution >= 4 is 50.6 Å². The fourth-order valence-electron chi connectivity index (χ4n) is 4.39. The number of fused-ring (bicyclic) bond motifs is 1. The van der Waals surface area contributed by atoms with Gasteiger partial charge in [-0.2, -0.15) is 0 Å². The summed E-state index contributed by atoms with van der Waals surface area (Å²) in [5.41, 5.74) is 2.37. The van der Waals surface area contributed by atoms with Crippen LogP contribution in [0.15, 0.2) is 22.8 Å². The molecule has 32 heavy (non-hydrogen) atoms. The number of nitrogens with one attached hydrogen (secondary N) is 1. The fraction of sp³-hybridized carbons (Fsp3) is 0.522. The van der Waals surface area contributed by atoms with Crippen LogP contribution in [-0.4, -0.2) is 52.7 Å². The third-order valence-electron chi connectivity index (χ3n) is 5.96. The van der Waals surface area contributed by atoms with Gasteiger partial charge in [-0.15, -0.1) is 0 Å². The van der Waals surface area contributed by atoms with Crippen LogP contribution >= 0.6 is 15.9 Å². The van der Waals surface area contributed by atoms with Crippen molar-refractivity contribution in [3.05, 3.63) is 28.4 Å². The Kier molecular flexibility index (Phi) is 5.96. The highest BCUT2D eigenvalue weighted by Gasteiger charge is 2.29. The summed E-state index contributed by atoms with van der Waals surface area (Å²) in [6.45, 7) is 9.29. The number of ether oxygens (including phenoxy) is 1. The SMILES string of the molecule is Cc1cc2c(cc1N1CCC(=O)NC1=O)c(Br)cn2C1CCN(C(=O)OC(C)(C)C)CC1. The average molecular weight is 505 g/mol. The van der Waals surface area contributed by atoms with E-state index in [1.165, 1.54) is 0 Å². The van der Waals surface area contributed by atoms with Crippen molar-refractivity contribution in [2.45, 2.75) is 58.6 Å². The first-order chi connectivity index (χ1) is 15.0. The number of rotatable bonds is 2. The summed E-state index contributed by atoms with van der Waals surface area (Å²) in [4.78, 5) is 39.6. The van der Waals surface area contributed by atoms with Gasteiger partial charge in [0.1, 0.15) is 5.60 Å². The molecule has 172 valence electrons. The Labute approximate surface area is 196 Å². The molecule has 4 rings (SSSR count). The zero-order chi connectivity index (χ0) is 23.2. The van der Waals surface area contributed by atoms with Gasteiger partial charge in [-0.25, -0.2) is 9.59 Å². The standard InChI is InChI=1S/C23H29BrN4O4/c1-14-11-19-16(12-18(14)27-10-7-20(29)25-21(27)30)17(24)13-28(19)15-5-8-26(9-6-15)22(31)32-23(2,3)4/h11-13,15H,5-10H2,1-4H3,(H,25,29,30). The van der Waals surface area contributed by atoms with Gasteiger partial charge in [-0.05, 0) is 74.2 Å². The number of hydrogen-bond donors (Lipinski definition) is 1. The molecule has 3 heterocycles. The zero-order valence-electron chi connectivity index (χ0n) is 18.9. The van der Waals surface area contributed by atoms with Crippen LogP contribution in [0, 0.1) is 6.92 Å². The van der Waals surface area contributed by atoms with E-state index in [1.54, 1.807) is 9.80 Å². The molecule has 0 atom stereocenters. The normalized spacial score (nSPS) is 18.3. The van der Waals surface area contributed by atoms with E-state index < -0.39 is 5.60 Å². The third kappa shape index (κ3) is 4.48. The van der Waals surface area contributed by atoms with Crippen molar-refractivity contribution < 1.29 is 19.1 Å². The van der Waals surface area contributed by atoms with Crippen molar-refractivity contribution in [2.75, 3.05) is 24.5 Å². The Balaban J connectivity index is 1.55. The lowest BCUT2D eigenvalue weighted by molar-refractivity contribution is -0.120. The smallest absolute Gasteiger partial charge is 0.410 e. The Morgan fingerprint density at radius 3 is 2.47 bits per heavy atom. The highest BCUT2D eigenvalue weighted by Crippen LogP contribution is 2.37. The second-order valence-electron chi connectivity index (χ2n) is 9.49. The summed E-state index contributed by atoms with van der Waals surface area (Å²) in [5.74, 6) is -0.241. The number of likely N-dealkylation sites (tertiary alicyclic amines) is 1. The Morgan fingerprint density at radius 1 is 1.16 bits per heavy atom. The first kappa shape index (κ1) is 22.6. The third-order valence-corrected chi connectivity index (χ3v) is 6.59. The number of carbonyl (C=O) groups excluding carboxylic acids is 3. The number of amides is 4. The molecule has 1 aromatic heterocycles. The summed E-state index contributed by atoms with van der Waals surface area (Å²) in [5, 5.41) is 3.41. The number of benzene rings is 1. The van der Waals surface area contributed by atoms with E-state index in [9.17, 15) is 14.4 Å². The van der Waals surface area contributed by atoms with Gasteiger partial charge < -0.3 is 14.2 Å². The molecule has 2 saturated heterocycles. The molecular formula is C23H29BrN4O4. The fourth-order valence-corrected chi connectivity index (χ4v) is 4.93. The maximum atomic E-state index is 12.4. The van der Waals surface area contributed by atoms with Crippen molar-refractivity contribution in [2.24, 2.45) is 0 Å². The number of piperidine rings is 1. The van der Waals surface area contributed by atoms with Gasteiger partial charge in [-0.3, -0.25) is 15.0 Å². The predicted octanol–water partition coefficient (Wildman–Crippen LogP) is 4.73. The molecule has 8 nitrogen and oxygen atoms in total. The van der Waals surface area contributed by atoms with Crippen molar-refractivity contribution in [3.8, 4) is 0 Å². The molecule has 2 aliphatic heterocycles. The highest BCUT2D eigenvalue weighted by atomic mass is 79.9. The number of imide groups is 1. The van der Waals surface area contributed by atoms with E-state index in [0.29, 0.717) is 26.1 Å². The topological polar surface area (TPSA) is 83.9 Å². The van der Waals surface area contributed by atoms with E-state index in [4.69, 9.17) is 4.74 Å². The molecule has 0 radical (unpaired) electrons. The van der Waals surface area contributed by atoms with Crippen molar-refractivity contribution in [1.82, 2.24) is 14.8 Å². The molecular weight excluding hydrogens is 476 g/mol. The van der Waals surface area contributed by atoms with Crippen LogP contribution in [0.2, 0.25) is 0 Å². The van der Waals surface area contributed by atoms with Gasteiger partial charge in [0.05, 0.1) is 0 Å². The van der Waals surface area contributed by atoms with Crippen LogP contribution in [-0.2, 0) is 9.53 Å². The molecule has 0 spiro atoms. The molecule has 2 aliphatic rings. The van der Waals surface area contributed by atoms with E-state index >= 15 is 0 Å². The van der Waals surface area contributed by atoms with Crippen LogP contribution in [0.4, 0.5) is 15.3 Å². The summed E-state index contributed by atoms with van der Waals surface area (Å²) in [6.07, 6.45) is 3.80. The lowest BCUT2D eigenvalue weighted by Crippen LogP contribution is -2.49. The number of urea groups is 1. The van der Waals surface area contributed by atoms with Crippen LogP contribution in [0.5, 0.6) is 0 Å². The number of anilines is 1. The van der Waals surface area contributed by atoms with Crippen LogP contribution in [0.3, 0.4) is 0 Å². The molecule has 1 N–H and O–H groups in total. The van der Waals surface area contributed by atoms with Crippen LogP contribution in [0.1, 0.15) is 51.6 Å². The first-order valence-corrected chi connectivity index (χ1v) is 11.7. The predicted molar refractivity (Wildman–Crippen MR) is 126 cm³/mol. The summed E-state index contributed by atoms with van der Waals surface area (Å²) in [7, 11) is 0.